The standard InChI is InChI=1S/C15H13BrN2OS/c16-11-8-10(17)5-6-12(11)18-15(19)14-7-9-3-1-2-4-13(9)20-14/h1-6,8,14H,7,17H2,(H,18,19). The predicted octanol–water partition coefficient (Wildman–Crippen LogP) is 3.69. The molecular formula is C15H13BrN2OS. The van der Waals surface area contributed by atoms with Crippen LogP contribution in [0.4, 0.5) is 11.4 Å². The number of thioether (sulfide) groups is 1. The van der Waals surface area contributed by atoms with Crippen LogP contribution >= 0.6 is 27.7 Å². The zero-order chi connectivity index (χ0) is 14.1. The van der Waals surface area contributed by atoms with Gasteiger partial charge in [0.25, 0.3) is 0 Å². The van der Waals surface area contributed by atoms with Crippen LogP contribution < -0.4 is 11.1 Å². The molecule has 0 spiro atoms. The van der Waals surface area contributed by atoms with E-state index in [1.807, 2.05) is 18.2 Å². The molecule has 102 valence electrons. The smallest absolute Gasteiger partial charge is 0.238 e. The molecule has 3 nitrogen and oxygen atoms in total. The Hall–Kier alpha value is -1.46. The van der Waals surface area contributed by atoms with Crippen molar-refractivity contribution in [3.05, 3.63) is 52.5 Å². The minimum atomic E-state index is -0.0724. The fraction of sp³-hybridized carbons (Fsp3) is 0.133. The monoisotopic (exact) mass is 348 g/mol. The number of hydrogen-bond donors (Lipinski definition) is 2. The molecule has 0 aromatic heterocycles. The van der Waals surface area contributed by atoms with Gasteiger partial charge < -0.3 is 11.1 Å². The topological polar surface area (TPSA) is 55.1 Å². The van der Waals surface area contributed by atoms with Crippen LogP contribution in [-0.4, -0.2) is 11.2 Å². The first-order chi connectivity index (χ1) is 9.63. The Morgan fingerprint density at radius 1 is 1.30 bits per heavy atom. The molecule has 1 heterocycles. The van der Waals surface area contributed by atoms with Crippen molar-refractivity contribution in [3.63, 3.8) is 0 Å². The number of carbonyl (C=O) groups is 1. The molecule has 3 N–H and O–H groups in total. The van der Waals surface area contributed by atoms with E-state index in [2.05, 4.69) is 33.4 Å². The van der Waals surface area contributed by atoms with Crippen molar-refractivity contribution >= 4 is 45.0 Å². The van der Waals surface area contributed by atoms with E-state index in [-0.39, 0.29) is 11.2 Å². The third-order valence-corrected chi connectivity index (χ3v) is 5.16. The van der Waals surface area contributed by atoms with Gasteiger partial charge >= 0.3 is 0 Å². The molecule has 0 saturated carbocycles. The molecule has 0 fully saturated rings. The van der Waals surface area contributed by atoms with Crippen LogP contribution in [0.5, 0.6) is 0 Å². The molecule has 1 aliphatic rings. The SMILES string of the molecule is Nc1ccc(NC(=O)C2Cc3ccccc3S2)c(Br)c1. The molecule has 0 saturated heterocycles. The van der Waals surface area contributed by atoms with E-state index in [0.29, 0.717) is 5.69 Å². The number of nitrogen functional groups attached to an aromatic ring is 1. The third kappa shape index (κ3) is 2.69. The number of carbonyl (C=O) groups excluding carboxylic acids is 1. The minimum absolute atomic E-state index is 0.0247. The normalized spacial score (nSPS) is 16.8. The first-order valence-corrected chi connectivity index (χ1v) is 7.91. The van der Waals surface area contributed by atoms with Crippen LogP contribution in [0.3, 0.4) is 0 Å². The number of halogens is 1. The minimum Gasteiger partial charge on any atom is -0.399 e. The van der Waals surface area contributed by atoms with Gasteiger partial charge in [0.1, 0.15) is 0 Å². The van der Waals surface area contributed by atoms with Crippen molar-refractivity contribution in [2.75, 3.05) is 11.1 Å². The summed E-state index contributed by atoms with van der Waals surface area (Å²) in [6.07, 6.45) is 0.777. The molecule has 3 rings (SSSR count). The number of amides is 1. The Labute approximate surface area is 130 Å². The average Bonchev–Trinajstić information content (AvgIpc) is 2.86. The summed E-state index contributed by atoms with van der Waals surface area (Å²) in [6, 6.07) is 13.5. The summed E-state index contributed by atoms with van der Waals surface area (Å²) in [4.78, 5) is 13.5. The Bertz CT molecular complexity index is 650. The maximum atomic E-state index is 12.3. The number of nitrogens with two attached hydrogens (primary N) is 1. The fourth-order valence-electron chi connectivity index (χ4n) is 2.17. The van der Waals surface area contributed by atoms with Gasteiger partial charge in [0.15, 0.2) is 0 Å². The summed E-state index contributed by atoms with van der Waals surface area (Å²) in [5.74, 6) is 0.0247. The molecular weight excluding hydrogens is 336 g/mol. The number of rotatable bonds is 2. The van der Waals surface area contributed by atoms with E-state index in [1.165, 1.54) is 10.5 Å². The van der Waals surface area contributed by atoms with Crippen LogP contribution in [0.1, 0.15) is 5.56 Å². The Morgan fingerprint density at radius 3 is 2.85 bits per heavy atom. The largest absolute Gasteiger partial charge is 0.399 e. The second-order valence-electron chi connectivity index (χ2n) is 4.65. The zero-order valence-electron chi connectivity index (χ0n) is 10.6. The molecule has 1 aliphatic heterocycles. The van der Waals surface area contributed by atoms with Crippen molar-refractivity contribution in [1.82, 2.24) is 0 Å². The average molecular weight is 349 g/mol. The number of hydrogen-bond acceptors (Lipinski definition) is 3. The van der Waals surface area contributed by atoms with Crippen molar-refractivity contribution in [1.29, 1.82) is 0 Å². The second kappa shape index (κ2) is 5.50. The van der Waals surface area contributed by atoms with Crippen molar-refractivity contribution in [2.24, 2.45) is 0 Å². The highest BCUT2D eigenvalue weighted by Gasteiger charge is 2.28. The number of fused-ring (bicyclic) bond motifs is 1. The molecule has 1 atom stereocenters. The third-order valence-electron chi connectivity index (χ3n) is 3.19. The molecule has 20 heavy (non-hydrogen) atoms. The lowest BCUT2D eigenvalue weighted by atomic mass is 10.1. The van der Waals surface area contributed by atoms with Crippen LogP contribution in [0.25, 0.3) is 0 Å². The fourth-order valence-corrected chi connectivity index (χ4v) is 3.87. The summed E-state index contributed by atoms with van der Waals surface area (Å²) >= 11 is 5.03. The van der Waals surface area contributed by atoms with Crippen molar-refractivity contribution < 1.29 is 4.79 Å². The van der Waals surface area contributed by atoms with E-state index >= 15 is 0 Å². The molecule has 5 heteroatoms. The molecule has 0 radical (unpaired) electrons. The van der Waals surface area contributed by atoms with Gasteiger partial charge in [0.2, 0.25) is 5.91 Å². The molecule has 2 aromatic carbocycles. The lowest BCUT2D eigenvalue weighted by Crippen LogP contribution is -2.24. The van der Waals surface area contributed by atoms with Crippen LogP contribution in [0.2, 0.25) is 0 Å². The lowest BCUT2D eigenvalue weighted by molar-refractivity contribution is -0.115. The highest BCUT2D eigenvalue weighted by atomic mass is 79.9. The summed E-state index contributed by atoms with van der Waals surface area (Å²) in [6.45, 7) is 0. The highest BCUT2D eigenvalue weighted by Crippen LogP contribution is 2.37. The number of anilines is 2. The van der Waals surface area contributed by atoms with Gasteiger partial charge in [-0.05, 0) is 52.2 Å². The van der Waals surface area contributed by atoms with E-state index in [9.17, 15) is 4.79 Å². The van der Waals surface area contributed by atoms with E-state index < -0.39 is 0 Å². The van der Waals surface area contributed by atoms with Crippen LogP contribution in [-0.2, 0) is 11.2 Å². The van der Waals surface area contributed by atoms with Gasteiger partial charge in [0, 0.05) is 15.1 Å². The van der Waals surface area contributed by atoms with Crippen molar-refractivity contribution in [3.8, 4) is 0 Å². The van der Waals surface area contributed by atoms with E-state index in [0.717, 1.165) is 16.6 Å². The van der Waals surface area contributed by atoms with E-state index in [1.54, 1.807) is 23.9 Å². The predicted molar refractivity (Wildman–Crippen MR) is 87.0 cm³/mol. The Kier molecular flexibility index (Phi) is 3.72. The maximum Gasteiger partial charge on any atom is 0.238 e. The van der Waals surface area contributed by atoms with Crippen molar-refractivity contribution in [2.45, 2.75) is 16.6 Å². The first-order valence-electron chi connectivity index (χ1n) is 6.24. The van der Waals surface area contributed by atoms with E-state index in [4.69, 9.17) is 5.73 Å². The van der Waals surface area contributed by atoms with Gasteiger partial charge in [-0.3, -0.25) is 4.79 Å². The highest BCUT2D eigenvalue weighted by molar-refractivity contribution is 9.10. The first kappa shape index (κ1) is 13.5. The summed E-state index contributed by atoms with van der Waals surface area (Å²) in [5, 5.41) is 2.88. The molecule has 0 aliphatic carbocycles. The summed E-state index contributed by atoms with van der Waals surface area (Å²) < 4.78 is 0.798. The molecule has 1 unspecified atom stereocenters. The van der Waals surface area contributed by atoms with Crippen LogP contribution in [0, 0.1) is 0 Å². The quantitative estimate of drug-likeness (QED) is 0.813. The van der Waals surface area contributed by atoms with Crippen LogP contribution in [0.15, 0.2) is 51.8 Å². The maximum absolute atomic E-state index is 12.3. The summed E-state index contributed by atoms with van der Waals surface area (Å²) in [7, 11) is 0. The lowest BCUT2D eigenvalue weighted by Gasteiger charge is -2.11. The van der Waals surface area contributed by atoms with Gasteiger partial charge in [-0.2, -0.15) is 0 Å². The number of benzene rings is 2. The molecule has 1 amide bonds. The van der Waals surface area contributed by atoms with Gasteiger partial charge in [-0.15, -0.1) is 11.8 Å². The Morgan fingerprint density at radius 2 is 2.10 bits per heavy atom. The van der Waals surface area contributed by atoms with Gasteiger partial charge in [0.05, 0.1) is 10.9 Å². The number of nitrogens with one attached hydrogen (secondary N) is 1. The zero-order valence-corrected chi connectivity index (χ0v) is 13.0. The molecule has 0 bridgehead atoms. The van der Waals surface area contributed by atoms with Gasteiger partial charge in [-0.25, -0.2) is 0 Å². The summed E-state index contributed by atoms with van der Waals surface area (Å²) in [5.41, 5.74) is 8.35. The molecule has 2 aromatic rings. The Balaban J connectivity index is 1.72. The second-order valence-corrected chi connectivity index (χ2v) is 6.75. The van der Waals surface area contributed by atoms with Gasteiger partial charge in [-0.1, -0.05) is 18.2 Å².